The van der Waals surface area contributed by atoms with Crippen molar-refractivity contribution < 1.29 is 5.11 Å². The Kier molecular flexibility index (Phi) is 3.53. The highest BCUT2D eigenvalue weighted by Crippen LogP contribution is 2.22. The number of aliphatic hydroxyl groups excluding tert-OH is 1. The van der Waals surface area contributed by atoms with Crippen LogP contribution in [0.4, 0.5) is 0 Å². The van der Waals surface area contributed by atoms with Gasteiger partial charge in [0.15, 0.2) is 0 Å². The van der Waals surface area contributed by atoms with Crippen molar-refractivity contribution in [3.05, 3.63) is 0 Å². The Hall–Kier alpha value is -0.0800. The van der Waals surface area contributed by atoms with Gasteiger partial charge in [0.2, 0.25) is 0 Å². The number of likely N-dealkylation sites (tertiary alicyclic amines) is 1. The van der Waals surface area contributed by atoms with Crippen LogP contribution in [0, 0.1) is 5.92 Å². The van der Waals surface area contributed by atoms with Gasteiger partial charge in [0.1, 0.15) is 0 Å². The van der Waals surface area contributed by atoms with E-state index in [1.165, 1.54) is 6.42 Å². The van der Waals surface area contributed by atoms with E-state index in [1.807, 2.05) is 0 Å². The summed E-state index contributed by atoms with van der Waals surface area (Å²) in [6.45, 7) is 8.63. The number of hydrogen-bond donors (Lipinski definition) is 1. The molecule has 0 radical (unpaired) electrons. The zero-order valence-corrected chi connectivity index (χ0v) is 8.45. The summed E-state index contributed by atoms with van der Waals surface area (Å²) in [5, 5.41) is 9.47. The normalized spacial score (nSPS) is 31.8. The molecule has 0 aromatic rings. The first-order valence-electron chi connectivity index (χ1n) is 5.05. The molecule has 1 saturated heterocycles. The molecule has 1 N–H and O–H groups in total. The summed E-state index contributed by atoms with van der Waals surface area (Å²) in [4.78, 5) is 2.39. The van der Waals surface area contributed by atoms with Crippen LogP contribution in [0.25, 0.3) is 0 Å². The maximum Gasteiger partial charge on any atom is 0.0682 e. The highest BCUT2D eigenvalue weighted by molar-refractivity contribution is 4.84. The summed E-state index contributed by atoms with van der Waals surface area (Å²) in [7, 11) is 0. The van der Waals surface area contributed by atoms with Crippen LogP contribution in [0.1, 0.15) is 33.6 Å². The van der Waals surface area contributed by atoms with Gasteiger partial charge < -0.3 is 5.11 Å². The maximum atomic E-state index is 9.47. The number of β-amino-alcohol motifs (C(OH)–C–C–N with tert-alkyl or cyclic N) is 1. The van der Waals surface area contributed by atoms with E-state index >= 15 is 0 Å². The smallest absolute Gasteiger partial charge is 0.0682 e. The number of likely N-dealkylation sites (N-methyl/N-ethyl adjacent to an activating group) is 1. The lowest BCUT2D eigenvalue weighted by Gasteiger charge is -2.23. The van der Waals surface area contributed by atoms with Gasteiger partial charge in [0, 0.05) is 12.6 Å². The minimum atomic E-state index is -0.0753. The van der Waals surface area contributed by atoms with Crippen LogP contribution in [-0.2, 0) is 0 Å². The number of rotatable bonds is 3. The molecule has 1 rings (SSSR count). The van der Waals surface area contributed by atoms with Crippen molar-refractivity contribution in [1.29, 1.82) is 0 Å². The van der Waals surface area contributed by atoms with Gasteiger partial charge in [-0.2, -0.15) is 0 Å². The third-order valence-corrected chi connectivity index (χ3v) is 2.66. The number of aliphatic hydroxyl groups is 1. The molecule has 1 aliphatic heterocycles. The monoisotopic (exact) mass is 171 g/mol. The van der Waals surface area contributed by atoms with Crippen molar-refractivity contribution in [3.8, 4) is 0 Å². The molecule has 0 spiro atoms. The van der Waals surface area contributed by atoms with Gasteiger partial charge in [-0.25, -0.2) is 0 Å². The Balaban J connectivity index is 2.40. The predicted octanol–water partition coefficient (Wildman–Crippen LogP) is 1.49. The molecule has 12 heavy (non-hydrogen) atoms. The number of nitrogens with zero attached hydrogens (tertiary/aromatic N) is 1. The molecule has 72 valence electrons. The molecule has 0 aliphatic carbocycles. The van der Waals surface area contributed by atoms with Gasteiger partial charge in [-0.15, -0.1) is 0 Å². The molecule has 0 unspecified atom stereocenters. The van der Waals surface area contributed by atoms with Gasteiger partial charge in [-0.3, -0.25) is 4.90 Å². The third kappa shape index (κ3) is 2.46. The van der Waals surface area contributed by atoms with E-state index in [0.29, 0.717) is 6.04 Å². The zero-order valence-electron chi connectivity index (χ0n) is 8.45. The van der Waals surface area contributed by atoms with E-state index < -0.39 is 0 Å². The molecule has 2 nitrogen and oxygen atoms in total. The SMILES string of the molecule is CCN1C[C@H](O)C[C@H]1CC(C)C. The predicted molar refractivity (Wildman–Crippen MR) is 51.1 cm³/mol. The average molecular weight is 171 g/mol. The maximum absolute atomic E-state index is 9.47. The van der Waals surface area contributed by atoms with Gasteiger partial charge in [0.05, 0.1) is 6.10 Å². The van der Waals surface area contributed by atoms with Crippen molar-refractivity contribution in [2.75, 3.05) is 13.1 Å². The van der Waals surface area contributed by atoms with Crippen molar-refractivity contribution in [2.24, 2.45) is 5.92 Å². The van der Waals surface area contributed by atoms with E-state index in [0.717, 1.165) is 25.4 Å². The molecule has 0 bridgehead atoms. The summed E-state index contributed by atoms with van der Waals surface area (Å²) in [5.41, 5.74) is 0. The van der Waals surface area contributed by atoms with Gasteiger partial charge in [-0.05, 0) is 25.3 Å². The molecule has 1 heterocycles. The zero-order chi connectivity index (χ0) is 9.14. The van der Waals surface area contributed by atoms with Crippen LogP contribution in [0.3, 0.4) is 0 Å². The van der Waals surface area contributed by atoms with Gasteiger partial charge in [-0.1, -0.05) is 20.8 Å². The van der Waals surface area contributed by atoms with E-state index in [-0.39, 0.29) is 6.10 Å². The molecule has 0 aromatic heterocycles. The van der Waals surface area contributed by atoms with Crippen LogP contribution in [-0.4, -0.2) is 35.2 Å². The van der Waals surface area contributed by atoms with E-state index in [9.17, 15) is 5.11 Å². The van der Waals surface area contributed by atoms with E-state index in [4.69, 9.17) is 0 Å². The van der Waals surface area contributed by atoms with E-state index in [1.54, 1.807) is 0 Å². The molecule has 2 atom stereocenters. The second kappa shape index (κ2) is 4.24. The third-order valence-electron chi connectivity index (χ3n) is 2.66. The van der Waals surface area contributed by atoms with Crippen LogP contribution in [0.5, 0.6) is 0 Å². The summed E-state index contributed by atoms with van der Waals surface area (Å²) in [5.74, 6) is 0.745. The minimum Gasteiger partial charge on any atom is -0.392 e. The summed E-state index contributed by atoms with van der Waals surface area (Å²) >= 11 is 0. The second-order valence-corrected chi connectivity index (χ2v) is 4.26. The fourth-order valence-corrected chi connectivity index (χ4v) is 2.13. The largest absolute Gasteiger partial charge is 0.392 e. The van der Waals surface area contributed by atoms with Crippen molar-refractivity contribution >= 4 is 0 Å². The topological polar surface area (TPSA) is 23.5 Å². The molecule has 0 amide bonds. The summed E-state index contributed by atoms with van der Waals surface area (Å²) in [6, 6.07) is 0.630. The van der Waals surface area contributed by atoms with Crippen molar-refractivity contribution in [1.82, 2.24) is 4.90 Å². The quantitative estimate of drug-likeness (QED) is 0.695. The standard InChI is InChI=1S/C10H21NO/c1-4-11-7-10(12)6-9(11)5-8(2)3/h8-10,12H,4-7H2,1-3H3/t9-,10-/m1/s1. The van der Waals surface area contributed by atoms with Crippen LogP contribution < -0.4 is 0 Å². The Morgan fingerprint density at radius 1 is 1.50 bits per heavy atom. The molecule has 1 aliphatic rings. The lowest BCUT2D eigenvalue weighted by molar-refractivity contribution is 0.176. The molecular weight excluding hydrogens is 150 g/mol. The molecule has 1 fully saturated rings. The highest BCUT2D eigenvalue weighted by Gasteiger charge is 2.29. The Labute approximate surface area is 75.6 Å². The lowest BCUT2D eigenvalue weighted by Crippen LogP contribution is -2.30. The van der Waals surface area contributed by atoms with E-state index in [2.05, 4.69) is 25.7 Å². The molecular formula is C10H21NO. The summed E-state index contributed by atoms with van der Waals surface area (Å²) < 4.78 is 0. The Bertz CT molecular complexity index is 136. The van der Waals surface area contributed by atoms with Crippen molar-refractivity contribution in [2.45, 2.75) is 45.8 Å². The Morgan fingerprint density at radius 3 is 2.67 bits per heavy atom. The Morgan fingerprint density at radius 2 is 2.17 bits per heavy atom. The average Bonchev–Trinajstić information content (AvgIpc) is 2.29. The first-order chi connectivity index (χ1) is 5.63. The summed E-state index contributed by atoms with van der Waals surface area (Å²) in [6.07, 6.45) is 2.13. The minimum absolute atomic E-state index is 0.0753. The molecule has 0 aromatic carbocycles. The fraction of sp³-hybridized carbons (Fsp3) is 1.00. The number of hydrogen-bond acceptors (Lipinski definition) is 2. The van der Waals surface area contributed by atoms with Crippen molar-refractivity contribution in [3.63, 3.8) is 0 Å². The molecule has 0 saturated carbocycles. The lowest BCUT2D eigenvalue weighted by atomic mass is 10.0. The van der Waals surface area contributed by atoms with Crippen LogP contribution >= 0.6 is 0 Å². The fourth-order valence-electron chi connectivity index (χ4n) is 2.13. The molecule has 2 heteroatoms. The van der Waals surface area contributed by atoms with Gasteiger partial charge >= 0.3 is 0 Å². The first kappa shape index (κ1) is 10.0. The second-order valence-electron chi connectivity index (χ2n) is 4.26. The van der Waals surface area contributed by atoms with Crippen LogP contribution in [0.15, 0.2) is 0 Å². The van der Waals surface area contributed by atoms with Crippen LogP contribution in [0.2, 0.25) is 0 Å². The van der Waals surface area contributed by atoms with Gasteiger partial charge in [0.25, 0.3) is 0 Å². The first-order valence-corrected chi connectivity index (χ1v) is 5.05. The highest BCUT2D eigenvalue weighted by atomic mass is 16.3.